The minimum absolute atomic E-state index is 0.107. The van der Waals surface area contributed by atoms with Crippen molar-refractivity contribution in [3.63, 3.8) is 0 Å². The fraction of sp³-hybridized carbons (Fsp3) is 0.769. The predicted molar refractivity (Wildman–Crippen MR) is 61.8 cm³/mol. The van der Waals surface area contributed by atoms with Gasteiger partial charge in [0.1, 0.15) is 6.10 Å². The van der Waals surface area contributed by atoms with Gasteiger partial charge in [-0.05, 0) is 31.6 Å². The van der Waals surface area contributed by atoms with Gasteiger partial charge in [-0.2, -0.15) is 0 Å². The molecule has 0 bridgehead atoms. The van der Waals surface area contributed by atoms with Gasteiger partial charge in [0, 0.05) is 13.0 Å². The van der Waals surface area contributed by atoms with Crippen molar-refractivity contribution >= 4 is 5.78 Å². The zero-order valence-electron chi connectivity index (χ0n) is 9.71. The average molecular weight is 210 g/mol. The standard InChI is InChI=1S/C13H22O2/c1-3-4-5-6-7-8-12(14)13-11(2)9-10-15-13/h3,11,13H,1,4-10H2,2H3. The van der Waals surface area contributed by atoms with Gasteiger partial charge in [-0.3, -0.25) is 4.79 Å². The first-order valence-electron chi connectivity index (χ1n) is 6.01. The van der Waals surface area contributed by atoms with Gasteiger partial charge in [0.05, 0.1) is 0 Å². The van der Waals surface area contributed by atoms with Crippen molar-refractivity contribution in [3.8, 4) is 0 Å². The fourth-order valence-corrected chi connectivity index (χ4v) is 2.01. The maximum absolute atomic E-state index is 11.7. The third-order valence-corrected chi connectivity index (χ3v) is 3.04. The van der Waals surface area contributed by atoms with Gasteiger partial charge >= 0.3 is 0 Å². The molecule has 2 nitrogen and oxygen atoms in total. The lowest BCUT2D eigenvalue weighted by molar-refractivity contribution is -0.129. The Labute approximate surface area is 92.7 Å². The van der Waals surface area contributed by atoms with Crippen LogP contribution in [0.15, 0.2) is 12.7 Å². The number of carbonyl (C=O) groups excluding carboxylic acids is 1. The van der Waals surface area contributed by atoms with Crippen molar-refractivity contribution in [1.82, 2.24) is 0 Å². The summed E-state index contributed by atoms with van der Waals surface area (Å²) in [5.74, 6) is 0.726. The molecule has 2 heteroatoms. The zero-order valence-corrected chi connectivity index (χ0v) is 9.71. The van der Waals surface area contributed by atoms with Gasteiger partial charge in [-0.25, -0.2) is 0 Å². The lowest BCUT2D eigenvalue weighted by Gasteiger charge is -2.12. The van der Waals surface area contributed by atoms with Crippen molar-refractivity contribution < 1.29 is 9.53 Å². The van der Waals surface area contributed by atoms with E-state index in [9.17, 15) is 4.79 Å². The fourth-order valence-electron chi connectivity index (χ4n) is 2.01. The largest absolute Gasteiger partial charge is 0.370 e. The van der Waals surface area contributed by atoms with Gasteiger partial charge < -0.3 is 4.74 Å². The molecule has 2 atom stereocenters. The molecule has 0 aromatic rings. The summed E-state index contributed by atoms with van der Waals surface area (Å²) >= 11 is 0. The average Bonchev–Trinajstić information content (AvgIpc) is 2.64. The summed E-state index contributed by atoms with van der Waals surface area (Å²) in [7, 11) is 0. The molecule has 1 aliphatic heterocycles. The van der Waals surface area contributed by atoms with Crippen molar-refractivity contribution in [2.45, 2.75) is 51.6 Å². The van der Waals surface area contributed by atoms with E-state index in [1.165, 1.54) is 0 Å². The number of ketones is 1. The highest BCUT2D eigenvalue weighted by Gasteiger charge is 2.29. The number of hydrogen-bond donors (Lipinski definition) is 0. The topological polar surface area (TPSA) is 26.3 Å². The molecular weight excluding hydrogens is 188 g/mol. The van der Waals surface area contributed by atoms with Gasteiger partial charge in [0.15, 0.2) is 5.78 Å². The Kier molecular flexibility index (Phi) is 5.62. The van der Waals surface area contributed by atoms with Crippen LogP contribution in [0.2, 0.25) is 0 Å². The Hall–Kier alpha value is -0.630. The van der Waals surface area contributed by atoms with Crippen molar-refractivity contribution in [3.05, 3.63) is 12.7 Å². The van der Waals surface area contributed by atoms with Gasteiger partial charge in [-0.1, -0.05) is 19.4 Å². The Morgan fingerprint density at radius 1 is 1.47 bits per heavy atom. The predicted octanol–water partition coefficient (Wildman–Crippen LogP) is 3.12. The van der Waals surface area contributed by atoms with Crippen LogP contribution in [0.25, 0.3) is 0 Å². The SMILES string of the molecule is C=CCCCCCC(=O)C1OCCC1C. The lowest BCUT2D eigenvalue weighted by Crippen LogP contribution is -2.24. The van der Waals surface area contributed by atoms with E-state index < -0.39 is 0 Å². The Balaban J connectivity index is 2.10. The van der Waals surface area contributed by atoms with Crippen LogP contribution in [-0.4, -0.2) is 18.5 Å². The summed E-state index contributed by atoms with van der Waals surface area (Å²) in [5.41, 5.74) is 0. The summed E-state index contributed by atoms with van der Waals surface area (Å²) in [5, 5.41) is 0. The molecule has 0 amide bonds. The summed E-state index contributed by atoms with van der Waals surface area (Å²) in [6.07, 6.45) is 7.88. The second kappa shape index (κ2) is 6.78. The molecule has 0 aromatic carbocycles. The molecule has 86 valence electrons. The van der Waals surface area contributed by atoms with E-state index in [4.69, 9.17) is 4.74 Å². The van der Waals surface area contributed by atoms with E-state index >= 15 is 0 Å². The molecule has 0 N–H and O–H groups in total. The molecule has 1 fully saturated rings. The van der Waals surface area contributed by atoms with Crippen LogP contribution in [0, 0.1) is 5.92 Å². The molecule has 1 saturated heterocycles. The van der Waals surface area contributed by atoms with Crippen LogP contribution in [0.1, 0.15) is 45.4 Å². The van der Waals surface area contributed by atoms with E-state index in [1.807, 2.05) is 6.08 Å². The monoisotopic (exact) mass is 210 g/mol. The number of Topliss-reactive ketones (excluding diaryl/α,β-unsaturated/α-hetero) is 1. The van der Waals surface area contributed by atoms with Crippen molar-refractivity contribution in [2.24, 2.45) is 5.92 Å². The first-order valence-corrected chi connectivity index (χ1v) is 6.01. The van der Waals surface area contributed by atoms with Crippen LogP contribution < -0.4 is 0 Å². The van der Waals surface area contributed by atoms with Crippen molar-refractivity contribution in [1.29, 1.82) is 0 Å². The van der Waals surface area contributed by atoms with E-state index in [0.717, 1.165) is 38.7 Å². The van der Waals surface area contributed by atoms with E-state index in [0.29, 0.717) is 18.1 Å². The number of hydrogen-bond acceptors (Lipinski definition) is 2. The zero-order chi connectivity index (χ0) is 11.1. The molecule has 15 heavy (non-hydrogen) atoms. The van der Waals surface area contributed by atoms with Gasteiger partial charge in [-0.15, -0.1) is 6.58 Å². The number of allylic oxidation sites excluding steroid dienone is 1. The maximum atomic E-state index is 11.7. The molecule has 1 aliphatic rings. The molecule has 0 aromatic heterocycles. The molecular formula is C13H22O2. The number of unbranched alkanes of at least 4 members (excludes halogenated alkanes) is 3. The first-order chi connectivity index (χ1) is 7.25. The van der Waals surface area contributed by atoms with Gasteiger partial charge in [0.25, 0.3) is 0 Å². The lowest BCUT2D eigenvalue weighted by atomic mass is 9.97. The molecule has 0 radical (unpaired) electrons. The summed E-state index contributed by atoms with van der Waals surface area (Å²) in [6.45, 7) is 6.54. The number of rotatable bonds is 7. The number of ether oxygens (including phenoxy) is 1. The highest BCUT2D eigenvalue weighted by molar-refractivity contribution is 5.83. The quantitative estimate of drug-likeness (QED) is 0.476. The molecule has 0 aliphatic carbocycles. The Morgan fingerprint density at radius 3 is 2.87 bits per heavy atom. The van der Waals surface area contributed by atoms with Crippen LogP contribution in [0.4, 0.5) is 0 Å². The third kappa shape index (κ3) is 4.17. The summed E-state index contributed by atoms with van der Waals surface area (Å²) in [4.78, 5) is 11.7. The van der Waals surface area contributed by atoms with Crippen LogP contribution in [0.5, 0.6) is 0 Å². The molecule has 1 heterocycles. The second-order valence-corrected chi connectivity index (χ2v) is 4.41. The van der Waals surface area contributed by atoms with E-state index in [2.05, 4.69) is 13.5 Å². The third-order valence-electron chi connectivity index (χ3n) is 3.04. The highest BCUT2D eigenvalue weighted by atomic mass is 16.5. The maximum Gasteiger partial charge on any atom is 0.161 e. The normalized spacial score (nSPS) is 25.4. The summed E-state index contributed by atoms with van der Waals surface area (Å²) in [6, 6.07) is 0. The minimum atomic E-state index is -0.107. The first kappa shape index (κ1) is 12.4. The Morgan fingerprint density at radius 2 is 2.27 bits per heavy atom. The van der Waals surface area contributed by atoms with Gasteiger partial charge in [0.2, 0.25) is 0 Å². The van der Waals surface area contributed by atoms with E-state index in [1.54, 1.807) is 0 Å². The van der Waals surface area contributed by atoms with E-state index in [-0.39, 0.29) is 6.10 Å². The molecule has 1 rings (SSSR count). The molecule has 0 spiro atoms. The van der Waals surface area contributed by atoms with Crippen LogP contribution >= 0.6 is 0 Å². The molecule has 0 saturated carbocycles. The second-order valence-electron chi connectivity index (χ2n) is 4.41. The highest BCUT2D eigenvalue weighted by Crippen LogP contribution is 2.22. The van der Waals surface area contributed by atoms with Crippen LogP contribution in [0.3, 0.4) is 0 Å². The minimum Gasteiger partial charge on any atom is -0.370 e. The Bertz CT molecular complexity index is 211. The number of carbonyl (C=O) groups is 1. The van der Waals surface area contributed by atoms with Crippen LogP contribution in [-0.2, 0) is 9.53 Å². The van der Waals surface area contributed by atoms with Crippen molar-refractivity contribution in [2.75, 3.05) is 6.61 Å². The smallest absolute Gasteiger partial charge is 0.161 e. The summed E-state index contributed by atoms with van der Waals surface area (Å²) < 4.78 is 5.44. The molecule has 2 unspecified atom stereocenters.